The van der Waals surface area contributed by atoms with Crippen molar-refractivity contribution in [3.8, 4) is 0 Å². The number of para-hydroxylation sites is 1. The van der Waals surface area contributed by atoms with Crippen molar-refractivity contribution in [3.05, 3.63) is 57.4 Å². The standard InChI is InChI=1S/C16H13N3O3S/c1-2-14-18-19-16(23-14)17-13(20)8-7-10-9-22-12-6-4-3-5-11(12)15(10)21/h3-9H,2H2,1H3,(H,17,19,20)/b8-7+. The summed E-state index contributed by atoms with van der Waals surface area (Å²) in [5, 5.41) is 12.1. The predicted octanol–water partition coefficient (Wildman–Crippen LogP) is 2.86. The summed E-state index contributed by atoms with van der Waals surface area (Å²) >= 11 is 1.32. The number of aromatic nitrogens is 2. The van der Waals surface area contributed by atoms with Gasteiger partial charge in [-0.25, -0.2) is 0 Å². The zero-order chi connectivity index (χ0) is 16.2. The van der Waals surface area contributed by atoms with E-state index in [1.54, 1.807) is 24.3 Å². The number of hydrogen-bond acceptors (Lipinski definition) is 6. The third-order valence-electron chi connectivity index (χ3n) is 3.12. The number of amides is 1. The molecule has 1 aromatic carbocycles. The van der Waals surface area contributed by atoms with E-state index in [1.807, 2.05) is 6.92 Å². The first kappa shape index (κ1) is 15.1. The molecule has 116 valence electrons. The number of nitrogens with zero attached hydrogens (tertiary/aromatic N) is 2. The molecule has 0 spiro atoms. The van der Waals surface area contributed by atoms with Crippen molar-refractivity contribution < 1.29 is 9.21 Å². The minimum absolute atomic E-state index is 0.180. The minimum atomic E-state index is -0.378. The normalized spacial score (nSPS) is 11.2. The Labute approximate surface area is 135 Å². The van der Waals surface area contributed by atoms with Crippen LogP contribution < -0.4 is 10.7 Å². The highest BCUT2D eigenvalue weighted by Crippen LogP contribution is 2.15. The van der Waals surface area contributed by atoms with Crippen LogP contribution in [0.3, 0.4) is 0 Å². The molecule has 1 amide bonds. The lowest BCUT2D eigenvalue weighted by Gasteiger charge is -1.98. The van der Waals surface area contributed by atoms with Crippen molar-refractivity contribution in [1.82, 2.24) is 10.2 Å². The van der Waals surface area contributed by atoms with Crippen LogP contribution >= 0.6 is 11.3 Å². The van der Waals surface area contributed by atoms with Crippen LogP contribution in [0.4, 0.5) is 5.13 Å². The lowest BCUT2D eigenvalue weighted by Crippen LogP contribution is -2.09. The van der Waals surface area contributed by atoms with Crippen LogP contribution in [0.15, 0.2) is 45.8 Å². The Morgan fingerprint density at radius 3 is 2.96 bits per heavy atom. The van der Waals surface area contributed by atoms with E-state index in [0.29, 0.717) is 21.7 Å². The molecule has 1 N–H and O–H groups in total. The number of carbonyl (C=O) groups excluding carboxylic acids is 1. The second-order valence-corrected chi connectivity index (χ2v) is 5.76. The van der Waals surface area contributed by atoms with Crippen molar-refractivity contribution in [3.63, 3.8) is 0 Å². The third-order valence-corrected chi connectivity index (χ3v) is 4.10. The van der Waals surface area contributed by atoms with Crippen LogP contribution in [0.1, 0.15) is 17.5 Å². The van der Waals surface area contributed by atoms with Gasteiger partial charge in [0.2, 0.25) is 11.0 Å². The maximum atomic E-state index is 12.3. The molecule has 2 aromatic heterocycles. The average Bonchev–Trinajstić information content (AvgIpc) is 3.02. The minimum Gasteiger partial charge on any atom is -0.463 e. The highest BCUT2D eigenvalue weighted by molar-refractivity contribution is 7.15. The summed E-state index contributed by atoms with van der Waals surface area (Å²) in [5.41, 5.74) is 0.644. The number of aryl methyl sites for hydroxylation is 1. The van der Waals surface area contributed by atoms with Gasteiger partial charge in [0.05, 0.1) is 10.9 Å². The molecule has 0 bridgehead atoms. The topological polar surface area (TPSA) is 85.1 Å². The van der Waals surface area contributed by atoms with E-state index in [-0.39, 0.29) is 11.3 Å². The van der Waals surface area contributed by atoms with Crippen molar-refractivity contribution in [1.29, 1.82) is 0 Å². The Morgan fingerprint density at radius 1 is 1.35 bits per heavy atom. The Hall–Kier alpha value is -2.80. The smallest absolute Gasteiger partial charge is 0.250 e. The van der Waals surface area contributed by atoms with E-state index < -0.39 is 0 Å². The molecule has 0 aliphatic rings. The molecule has 0 aliphatic heterocycles. The van der Waals surface area contributed by atoms with Crippen molar-refractivity contribution in [2.45, 2.75) is 13.3 Å². The molecular weight excluding hydrogens is 314 g/mol. The Bertz CT molecular complexity index is 943. The number of carbonyl (C=O) groups is 1. The fraction of sp³-hybridized carbons (Fsp3) is 0.125. The molecule has 0 atom stereocenters. The van der Waals surface area contributed by atoms with Crippen LogP contribution in [0.2, 0.25) is 0 Å². The van der Waals surface area contributed by atoms with E-state index in [1.165, 1.54) is 29.8 Å². The zero-order valence-corrected chi connectivity index (χ0v) is 13.1. The predicted molar refractivity (Wildman–Crippen MR) is 89.4 cm³/mol. The molecule has 3 rings (SSSR count). The van der Waals surface area contributed by atoms with Gasteiger partial charge in [0.25, 0.3) is 0 Å². The number of nitrogens with one attached hydrogen (secondary N) is 1. The van der Waals surface area contributed by atoms with Gasteiger partial charge in [-0.2, -0.15) is 0 Å². The van der Waals surface area contributed by atoms with E-state index >= 15 is 0 Å². The molecule has 0 fully saturated rings. The van der Waals surface area contributed by atoms with Crippen molar-refractivity contribution in [2.24, 2.45) is 0 Å². The van der Waals surface area contributed by atoms with E-state index in [4.69, 9.17) is 4.42 Å². The van der Waals surface area contributed by atoms with Crippen molar-refractivity contribution >= 4 is 39.4 Å². The highest BCUT2D eigenvalue weighted by Gasteiger charge is 2.06. The Balaban J connectivity index is 1.78. The molecule has 23 heavy (non-hydrogen) atoms. The second kappa shape index (κ2) is 6.53. The SMILES string of the molecule is CCc1nnc(NC(=O)/C=C/c2coc3ccccc3c2=O)s1. The Morgan fingerprint density at radius 2 is 2.17 bits per heavy atom. The maximum Gasteiger partial charge on any atom is 0.250 e. The lowest BCUT2D eigenvalue weighted by atomic mass is 10.1. The average molecular weight is 327 g/mol. The summed E-state index contributed by atoms with van der Waals surface area (Å²) in [6.45, 7) is 1.96. The molecule has 0 saturated heterocycles. The van der Waals surface area contributed by atoms with Gasteiger partial charge in [-0.15, -0.1) is 10.2 Å². The Kier molecular flexibility index (Phi) is 4.29. The highest BCUT2D eigenvalue weighted by atomic mass is 32.1. The molecule has 3 aromatic rings. The van der Waals surface area contributed by atoms with Crippen LogP contribution in [0.25, 0.3) is 17.0 Å². The number of anilines is 1. The largest absolute Gasteiger partial charge is 0.463 e. The summed E-state index contributed by atoms with van der Waals surface area (Å²) in [4.78, 5) is 24.1. The molecule has 7 heteroatoms. The van der Waals surface area contributed by atoms with Gasteiger partial charge in [-0.1, -0.05) is 30.4 Å². The molecule has 0 aliphatic carbocycles. The number of fused-ring (bicyclic) bond motifs is 1. The molecule has 0 saturated carbocycles. The first-order valence-electron chi connectivity index (χ1n) is 6.99. The number of rotatable bonds is 4. The van der Waals surface area contributed by atoms with Gasteiger partial charge >= 0.3 is 0 Å². The quantitative estimate of drug-likeness (QED) is 0.745. The van der Waals surface area contributed by atoms with Gasteiger partial charge < -0.3 is 4.42 Å². The first-order chi connectivity index (χ1) is 11.2. The van der Waals surface area contributed by atoms with Gasteiger partial charge in [0.1, 0.15) is 16.9 Å². The third kappa shape index (κ3) is 3.35. The van der Waals surface area contributed by atoms with Crippen molar-refractivity contribution in [2.75, 3.05) is 5.32 Å². The summed E-state index contributed by atoms with van der Waals surface area (Å²) in [6.07, 6.45) is 4.81. The van der Waals surface area contributed by atoms with Gasteiger partial charge in [0, 0.05) is 6.08 Å². The maximum absolute atomic E-state index is 12.3. The molecule has 0 radical (unpaired) electrons. The zero-order valence-electron chi connectivity index (χ0n) is 12.3. The van der Waals surface area contributed by atoms with Crippen LogP contribution in [0, 0.1) is 0 Å². The summed E-state index contributed by atoms with van der Waals surface area (Å²) in [6, 6.07) is 6.96. The second-order valence-electron chi connectivity index (χ2n) is 4.69. The first-order valence-corrected chi connectivity index (χ1v) is 7.81. The lowest BCUT2D eigenvalue weighted by molar-refractivity contribution is -0.111. The van der Waals surface area contributed by atoms with E-state index in [2.05, 4.69) is 15.5 Å². The fourth-order valence-electron chi connectivity index (χ4n) is 1.97. The van der Waals surface area contributed by atoms with Gasteiger partial charge in [-0.05, 0) is 24.6 Å². The van der Waals surface area contributed by atoms with Crippen LogP contribution in [-0.2, 0) is 11.2 Å². The van der Waals surface area contributed by atoms with E-state index in [9.17, 15) is 9.59 Å². The van der Waals surface area contributed by atoms with Crippen LogP contribution in [0.5, 0.6) is 0 Å². The molecule has 0 unspecified atom stereocenters. The summed E-state index contributed by atoms with van der Waals surface area (Å²) in [5.74, 6) is -0.378. The monoisotopic (exact) mass is 327 g/mol. The molecule has 6 nitrogen and oxygen atoms in total. The summed E-state index contributed by atoms with van der Waals surface area (Å²) < 4.78 is 5.39. The molecular formula is C16H13N3O3S. The fourth-order valence-corrected chi connectivity index (χ4v) is 2.65. The number of benzene rings is 1. The van der Waals surface area contributed by atoms with Gasteiger partial charge in [-0.3, -0.25) is 14.9 Å². The summed E-state index contributed by atoms with van der Waals surface area (Å²) in [7, 11) is 0. The van der Waals surface area contributed by atoms with E-state index in [0.717, 1.165) is 11.4 Å². The van der Waals surface area contributed by atoms with Crippen LogP contribution in [-0.4, -0.2) is 16.1 Å². The van der Waals surface area contributed by atoms with Gasteiger partial charge in [0.15, 0.2) is 5.43 Å². The number of hydrogen-bond donors (Lipinski definition) is 1. The molecule has 2 heterocycles.